The lowest BCUT2D eigenvalue weighted by molar-refractivity contribution is 0.364. The molecule has 0 aromatic carbocycles. The third kappa shape index (κ3) is 4.80. The van der Waals surface area contributed by atoms with Gasteiger partial charge in [0.15, 0.2) is 9.84 Å². The summed E-state index contributed by atoms with van der Waals surface area (Å²) in [7, 11) is -3.02. The number of hydrogen-bond donors (Lipinski definition) is 2. The number of nitrogens with two attached hydrogens (primary N) is 1. The molecular weight excluding hydrogens is 224 g/mol. The molecular formula is C11H26N2O2S. The molecule has 0 aromatic rings. The predicted molar refractivity (Wildman–Crippen MR) is 69.2 cm³/mol. The van der Waals surface area contributed by atoms with Crippen LogP contribution in [0, 0.1) is 11.8 Å². The van der Waals surface area contributed by atoms with Gasteiger partial charge in [0.25, 0.3) is 0 Å². The van der Waals surface area contributed by atoms with E-state index in [1.54, 1.807) is 13.8 Å². The van der Waals surface area contributed by atoms with Crippen molar-refractivity contribution < 1.29 is 8.42 Å². The number of hydrogen-bond acceptors (Lipinski definition) is 4. The molecule has 0 bridgehead atoms. The first-order valence-electron chi connectivity index (χ1n) is 5.72. The second kappa shape index (κ2) is 5.98. The smallest absolute Gasteiger partial charge is 0.153 e. The summed E-state index contributed by atoms with van der Waals surface area (Å²) in [5, 5.41) is 3.21. The van der Waals surface area contributed by atoms with Crippen LogP contribution in [0.15, 0.2) is 0 Å². The highest BCUT2D eigenvalue weighted by atomic mass is 32.2. The number of rotatable bonds is 7. The van der Waals surface area contributed by atoms with Crippen LogP contribution in [0.2, 0.25) is 0 Å². The standard InChI is InChI=1S/C11H26N2O2S/c1-9(2)10(6-12)7-13-8-11(3,4)16(5,14)15/h9-10,13H,6-8,12H2,1-5H3. The van der Waals surface area contributed by atoms with Crippen LogP contribution in [-0.4, -0.2) is 39.1 Å². The fourth-order valence-corrected chi connectivity index (χ4v) is 1.65. The minimum absolute atomic E-state index is 0.398. The van der Waals surface area contributed by atoms with Crippen molar-refractivity contribution in [2.24, 2.45) is 17.6 Å². The minimum atomic E-state index is -3.02. The number of nitrogens with one attached hydrogen (secondary N) is 1. The van der Waals surface area contributed by atoms with Gasteiger partial charge in [-0.15, -0.1) is 0 Å². The molecule has 0 aromatic heterocycles. The largest absolute Gasteiger partial charge is 0.330 e. The summed E-state index contributed by atoms with van der Waals surface area (Å²) in [6.45, 7) is 9.60. The number of sulfone groups is 1. The highest BCUT2D eigenvalue weighted by Crippen LogP contribution is 2.14. The van der Waals surface area contributed by atoms with Crippen LogP contribution >= 0.6 is 0 Å². The van der Waals surface area contributed by atoms with E-state index in [1.807, 2.05) is 0 Å². The van der Waals surface area contributed by atoms with Crippen molar-refractivity contribution in [1.29, 1.82) is 0 Å². The first-order valence-corrected chi connectivity index (χ1v) is 7.61. The van der Waals surface area contributed by atoms with Gasteiger partial charge in [0.2, 0.25) is 0 Å². The van der Waals surface area contributed by atoms with Gasteiger partial charge in [-0.2, -0.15) is 0 Å². The van der Waals surface area contributed by atoms with E-state index >= 15 is 0 Å². The molecule has 0 spiro atoms. The SMILES string of the molecule is CC(C)C(CN)CNCC(C)(C)S(C)(=O)=O. The fraction of sp³-hybridized carbons (Fsp3) is 1.00. The molecule has 1 atom stereocenters. The Hall–Kier alpha value is -0.130. The Balaban J connectivity index is 4.17. The van der Waals surface area contributed by atoms with Gasteiger partial charge in [-0.1, -0.05) is 13.8 Å². The van der Waals surface area contributed by atoms with E-state index in [0.717, 1.165) is 6.54 Å². The molecule has 0 fully saturated rings. The molecule has 0 aliphatic carbocycles. The monoisotopic (exact) mass is 250 g/mol. The zero-order valence-corrected chi connectivity index (χ0v) is 11.9. The van der Waals surface area contributed by atoms with E-state index in [-0.39, 0.29) is 0 Å². The van der Waals surface area contributed by atoms with Crippen molar-refractivity contribution in [3.05, 3.63) is 0 Å². The summed E-state index contributed by atoms with van der Waals surface area (Å²) in [6.07, 6.45) is 1.28. The van der Waals surface area contributed by atoms with Crippen LogP contribution in [-0.2, 0) is 9.84 Å². The topological polar surface area (TPSA) is 72.2 Å². The summed E-state index contributed by atoms with van der Waals surface area (Å²) >= 11 is 0. The molecule has 0 saturated heterocycles. The lowest BCUT2D eigenvalue weighted by Crippen LogP contribution is -2.44. The average molecular weight is 250 g/mol. The maximum atomic E-state index is 11.5. The second-order valence-electron chi connectivity index (χ2n) is 5.40. The van der Waals surface area contributed by atoms with Crippen molar-refractivity contribution >= 4 is 9.84 Å². The van der Waals surface area contributed by atoms with Gasteiger partial charge in [0.05, 0.1) is 4.75 Å². The molecule has 0 aliphatic rings. The quantitative estimate of drug-likeness (QED) is 0.695. The zero-order valence-electron chi connectivity index (χ0n) is 11.1. The van der Waals surface area contributed by atoms with E-state index in [1.165, 1.54) is 6.26 Å². The first-order chi connectivity index (χ1) is 7.12. The molecule has 16 heavy (non-hydrogen) atoms. The van der Waals surface area contributed by atoms with Crippen LogP contribution in [0.3, 0.4) is 0 Å². The van der Waals surface area contributed by atoms with Crippen LogP contribution in [0.25, 0.3) is 0 Å². The molecule has 98 valence electrons. The Bertz CT molecular complexity index is 297. The minimum Gasteiger partial charge on any atom is -0.330 e. The van der Waals surface area contributed by atoms with Crippen molar-refractivity contribution in [3.8, 4) is 0 Å². The van der Waals surface area contributed by atoms with Crippen molar-refractivity contribution in [3.63, 3.8) is 0 Å². The fourth-order valence-electron chi connectivity index (χ4n) is 1.28. The van der Waals surface area contributed by atoms with Gasteiger partial charge in [-0.3, -0.25) is 0 Å². The molecule has 5 heteroatoms. The second-order valence-corrected chi connectivity index (χ2v) is 8.05. The van der Waals surface area contributed by atoms with Crippen molar-refractivity contribution in [1.82, 2.24) is 5.32 Å². The predicted octanol–water partition coefficient (Wildman–Crippen LogP) is 0.630. The molecule has 0 heterocycles. The highest BCUT2D eigenvalue weighted by Gasteiger charge is 2.29. The van der Waals surface area contributed by atoms with Gasteiger partial charge >= 0.3 is 0 Å². The molecule has 1 unspecified atom stereocenters. The molecule has 0 saturated carbocycles. The Labute approximate surface area is 99.9 Å². The maximum Gasteiger partial charge on any atom is 0.153 e. The van der Waals surface area contributed by atoms with E-state index in [0.29, 0.717) is 24.9 Å². The van der Waals surface area contributed by atoms with Crippen molar-refractivity contribution in [2.75, 3.05) is 25.9 Å². The summed E-state index contributed by atoms with van der Waals surface area (Å²) < 4.78 is 22.2. The highest BCUT2D eigenvalue weighted by molar-refractivity contribution is 7.92. The van der Waals surface area contributed by atoms with Gasteiger partial charge in [0.1, 0.15) is 0 Å². The lowest BCUT2D eigenvalue weighted by Gasteiger charge is -2.25. The Morgan fingerprint density at radius 1 is 1.31 bits per heavy atom. The summed E-state index contributed by atoms with van der Waals surface area (Å²) in [5.41, 5.74) is 5.65. The molecule has 0 radical (unpaired) electrons. The molecule has 0 amide bonds. The maximum absolute atomic E-state index is 11.5. The Morgan fingerprint density at radius 3 is 2.12 bits per heavy atom. The molecule has 0 aliphatic heterocycles. The third-order valence-corrected chi connectivity index (χ3v) is 5.36. The van der Waals surface area contributed by atoms with E-state index in [9.17, 15) is 8.42 Å². The Kier molecular flexibility index (Phi) is 5.93. The van der Waals surface area contributed by atoms with E-state index in [2.05, 4.69) is 19.2 Å². The first kappa shape index (κ1) is 15.9. The molecule has 0 rings (SSSR count). The van der Waals surface area contributed by atoms with Crippen LogP contribution in [0.1, 0.15) is 27.7 Å². The molecule has 3 N–H and O–H groups in total. The summed E-state index contributed by atoms with van der Waals surface area (Å²) in [4.78, 5) is 0. The van der Waals surface area contributed by atoms with Crippen LogP contribution in [0.5, 0.6) is 0 Å². The van der Waals surface area contributed by atoms with E-state index < -0.39 is 14.6 Å². The van der Waals surface area contributed by atoms with Gasteiger partial charge in [0, 0.05) is 12.8 Å². The third-order valence-electron chi connectivity index (χ3n) is 3.21. The van der Waals surface area contributed by atoms with Crippen LogP contribution < -0.4 is 11.1 Å². The normalized spacial score (nSPS) is 15.4. The van der Waals surface area contributed by atoms with Gasteiger partial charge < -0.3 is 11.1 Å². The lowest BCUT2D eigenvalue weighted by atomic mass is 9.96. The van der Waals surface area contributed by atoms with Crippen molar-refractivity contribution in [2.45, 2.75) is 32.4 Å². The van der Waals surface area contributed by atoms with Crippen LogP contribution in [0.4, 0.5) is 0 Å². The average Bonchev–Trinajstić information content (AvgIpc) is 2.09. The summed E-state index contributed by atoms with van der Waals surface area (Å²) in [6, 6.07) is 0. The summed E-state index contributed by atoms with van der Waals surface area (Å²) in [5.74, 6) is 0.911. The Morgan fingerprint density at radius 2 is 1.81 bits per heavy atom. The van der Waals surface area contributed by atoms with Gasteiger partial charge in [-0.05, 0) is 38.8 Å². The zero-order chi connectivity index (χ0) is 13.0. The molecule has 4 nitrogen and oxygen atoms in total. The van der Waals surface area contributed by atoms with E-state index in [4.69, 9.17) is 5.73 Å². The van der Waals surface area contributed by atoms with Gasteiger partial charge in [-0.25, -0.2) is 8.42 Å².